The van der Waals surface area contributed by atoms with E-state index in [-0.39, 0.29) is 5.91 Å². The number of nitrogens with zero attached hydrogens (tertiary/aromatic N) is 1. The molecule has 29 heavy (non-hydrogen) atoms. The Morgan fingerprint density at radius 1 is 1.10 bits per heavy atom. The van der Waals surface area contributed by atoms with Gasteiger partial charge in [0.25, 0.3) is 0 Å². The first kappa shape index (κ1) is 19.4. The third kappa shape index (κ3) is 4.58. The van der Waals surface area contributed by atoms with Crippen LogP contribution in [0, 0.1) is 0 Å². The number of nitrogens with one attached hydrogen (secondary N) is 1. The van der Waals surface area contributed by atoms with Gasteiger partial charge in [0, 0.05) is 24.9 Å². The highest BCUT2D eigenvalue weighted by Gasteiger charge is 2.22. The molecule has 0 saturated heterocycles. The number of allylic oxidation sites excluding steroid dienone is 1. The summed E-state index contributed by atoms with van der Waals surface area (Å²) < 4.78 is 6.20. The minimum atomic E-state index is 0.0794. The summed E-state index contributed by atoms with van der Waals surface area (Å²) in [5.41, 5.74) is 6.99. The van der Waals surface area contributed by atoms with Crippen molar-refractivity contribution in [1.82, 2.24) is 10.3 Å². The summed E-state index contributed by atoms with van der Waals surface area (Å²) in [5.74, 6) is 0.905. The first-order valence-corrected chi connectivity index (χ1v) is 10.7. The zero-order chi connectivity index (χ0) is 20.1. The standard InChI is InChI=1S/C25H28N2O2/c1-2-22(28)26-17-16-20-13-12-19-14-15-21-25(24(19)20)29-23(27-21)11-7-6-10-18-8-4-3-5-9-18/h3-5,8-9,14-16H,2,6-7,10-13,17H2,1H3,(H,26,28)/b20-16-. The van der Waals surface area contributed by atoms with Crippen molar-refractivity contribution < 1.29 is 9.21 Å². The van der Waals surface area contributed by atoms with Crippen LogP contribution in [0.3, 0.4) is 0 Å². The lowest BCUT2D eigenvalue weighted by Gasteiger charge is -2.03. The fraction of sp³-hybridized carbons (Fsp3) is 0.360. The van der Waals surface area contributed by atoms with Crippen LogP contribution in [0.5, 0.6) is 0 Å². The predicted molar refractivity (Wildman–Crippen MR) is 117 cm³/mol. The van der Waals surface area contributed by atoms with Crippen LogP contribution in [0.25, 0.3) is 16.7 Å². The van der Waals surface area contributed by atoms with Gasteiger partial charge in [0.1, 0.15) is 5.52 Å². The number of hydrogen-bond donors (Lipinski definition) is 1. The second-order valence-corrected chi connectivity index (χ2v) is 7.64. The Hall–Kier alpha value is -2.88. The van der Waals surface area contributed by atoms with Crippen molar-refractivity contribution in [3.63, 3.8) is 0 Å². The molecular formula is C25H28N2O2. The van der Waals surface area contributed by atoms with E-state index in [1.165, 1.54) is 22.3 Å². The van der Waals surface area contributed by atoms with E-state index in [1.807, 2.05) is 6.92 Å². The van der Waals surface area contributed by atoms with Gasteiger partial charge in [0.2, 0.25) is 5.91 Å². The van der Waals surface area contributed by atoms with Crippen LogP contribution in [-0.4, -0.2) is 17.4 Å². The zero-order valence-electron chi connectivity index (χ0n) is 17.0. The van der Waals surface area contributed by atoms with Gasteiger partial charge in [-0.3, -0.25) is 4.79 Å². The quantitative estimate of drug-likeness (QED) is 0.536. The Labute approximate surface area is 172 Å². The molecule has 150 valence electrons. The van der Waals surface area contributed by atoms with Crippen molar-refractivity contribution in [2.24, 2.45) is 0 Å². The van der Waals surface area contributed by atoms with Gasteiger partial charge in [-0.25, -0.2) is 4.98 Å². The van der Waals surface area contributed by atoms with Gasteiger partial charge in [-0.2, -0.15) is 0 Å². The average molecular weight is 389 g/mol. The summed E-state index contributed by atoms with van der Waals surface area (Å²) in [6, 6.07) is 14.8. The summed E-state index contributed by atoms with van der Waals surface area (Å²) in [6.45, 7) is 2.44. The summed E-state index contributed by atoms with van der Waals surface area (Å²) >= 11 is 0. The molecule has 0 saturated carbocycles. The molecule has 0 aliphatic heterocycles. The lowest BCUT2D eigenvalue weighted by molar-refractivity contribution is -0.120. The van der Waals surface area contributed by atoms with Crippen molar-refractivity contribution in [2.75, 3.05) is 6.54 Å². The van der Waals surface area contributed by atoms with Crippen LogP contribution in [0.4, 0.5) is 0 Å². The van der Waals surface area contributed by atoms with Crippen molar-refractivity contribution in [3.05, 3.63) is 71.1 Å². The lowest BCUT2D eigenvalue weighted by Crippen LogP contribution is -2.22. The molecular weight excluding hydrogens is 360 g/mol. The van der Waals surface area contributed by atoms with Crippen LogP contribution >= 0.6 is 0 Å². The Morgan fingerprint density at radius 3 is 2.76 bits per heavy atom. The number of benzene rings is 2. The van der Waals surface area contributed by atoms with Crippen LogP contribution in [0.2, 0.25) is 0 Å². The fourth-order valence-corrected chi connectivity index (χ4v) is 4.01. The molecule has 1 aliphatic rings. The molecule has 1 N–H and O–H groups in total. The highest BCUT2D eigenvalue weighted by Crippen LogP contribution is 2.38. The molecule has 4 rings (SSSR count). The maximum atomic E-state index is 11.5. The van der Waals surface area contributed by atoms with E-state index in [1.54, 1.807) is 0 Å². The van der Waals surface area contributed by atoms with Gasteiger partial charge in [-0.1, -0.05) is 49.4 Å². The molecule has 0 bridgehead atoms. The van der Waals surface area contributed by atoms with E-state index in [0.717, 1.165) is 55.5 Å². The van der Waals surface area contributed by atoms with Crippen molar-refractivity contribution >= 4 is 22.6 Å². The molecule has 0 spiro atoms. The third-order valence-corrected chi connectivity index (χ3v) is 5.59. The van der Waals surface area contributed by atoms with Gasteiger partial charge in [0.15, 0.2) is 11.5 Å². The average Bonchev–Trinajstić information content (AvgIpc) is 3.35. The number of fused-ring (bicyclic) bond motifs is 3. The topological polar surface area (TPSA) is 55.1 Å². The monoisotopic (exact) mass is 388 g/mol. The van der Waals surface area contributed by atoms with E-state index in [9.17, 15) is 4.79 Å². The van der Waals surface area contributed by atoms with Gasteiger partial charge < -0.3 is 9.73 Å². The van der Waals surface area contributed by atoms with Crippen molar-refractivity contribution in [3.8, 4) is 0 Å². The second kappa shape index (κ2) is 9.08. The van der Waals surface area contributed by atoms with E-state index < -0.39 is 0 Å². The molecule has 4 heteroatoms. The summed E-state index contributed by atoms with van der Waals surface area (Å²) in [4.78, 5) is 16.2. The molecule has 0 atom stereocenters. The maximum Gasteiger partial charge on any atom is 0.219 e. The third-order valence-electron chi connectivity index (χ3n) is 5.59. The molecule has 0 fully saturated rings. The molecule has 3 aromatic rings. The number of carbonyl (C=O) groups is 1. The highest BCUT2D eigenvalue weighted by atomic mass is 16.3. The molecule has 0 radical (unpaired) electrons. The number of amides is 1. The Kier molecular flexibility index (Phi) is 6.09. The Balaban J connectivity index is 1.43. The largest absolute Gasteiger partial charge is 0.440 e. The van der Waals surface area contributed by atoms with Crippen LogP contribution in [-0.2, 0) is 24.1 Å². The number of rotatable bonds is 8. The normalized spacial score (nSPS) is 14.4. The molecule has 1 aliphatic carbocycles. The van der Waals surface area contributed by atoms with Gasteiger partial charge in [-0.05, 0) is 54.9 Å². The Morgan fingerprint density at radius 2 is 1.93 bits per heavy atom. The summed E-state index contributed by atoms with van der Waals surface area (Å²) in [6.07, 6.45) is 8.80. The molecule has 2 aromatic carbocycles. The van der Waals surface area contributed by atoms with Crippen LogP contribution in [0.15, 0.2) is 53.0 Å². The number of oxazole rings is 1. The number of carbonyl (C=O) groups excluding carboxylic acids is 1. The fourth-order valence-electron chi connectivity index (χ4n) is 4.01. The highest BCUT2D eigenvalue weighted by molar-refractivity contribution is 5.91. The van der Waals surface area contributed by atoms with E-state index in [0.29, 0.717) is 13.0 Å². The van der Waals surface area contributed by atoms with E-state index >= 15 is 0 Å². The van der Waals surface area contributed by atoms with Crippen molar-refractivity contribution in [1.29, 1.82) is 0 Å². The van der Waals surface area contributed by atoms with Crippen LogP contribution < -0.4 is 5.32 Å². The second-order valence-electron chi connectivity index (χ2n) is 7.64. The smallest absolute Gasteiger partial charge is 0.219 e. The van der Waals surface area contributed by atoms with Crippen LogP contribution in [0.1, 0.15) is 55.2 Å². The molecule has 1 amide bonds. The molecule has 1 aromatic heterocycles. The van der Waals surface area contributed by atoms with Gasteiger partial charge in [0.05, 0.1) is 0 Å². The van der Waals surface area contributed by atoms with Gasteiger partial charge >= 0.3 is 0 Å². The first-order chi connectivity index (χ1) is 14.2. The predicted octanol–water partition coefficient (Wildman–Crippen LogP) is 5.25. The van der Waals surface area contributed by atoms with Gasteiger partial charge in [-0.15, -0.1) is 0 Å². The first-order valence-electron chi connectivity index (χ1n) is 10.7. The number of aromatic nitrogens is 1. The maximum absolute atomic E-state index is 11.5. The molecule has 1 heterocycles. The zero-order valence-corrected chi connectivity index (χ0v) is 17.0. The lowest BCUT2D eigenvalue weighted by atomic mass is 10.1. The minimum absolute atomic E-state index is 0.0794. The Bertz CT molecular complexity index is 1020. The molecule has 4 nitrogen and oxygen atoms in total. The molecule has 0 unspecified atom stereocenters. The number of aryl methyl sites for hydroxylation is 3. The van der Waals surface area contributed by atoms with E-state index in [4.69, 9.17) is 9.40 Å². The number of unbranched alkanes of at least 4 members (excludes halogenated alkanes) is 1. The number of hydrogen-bond acceptors (Lipinski definition) is 3. The van der Waals surface area contributed by atoms with E-state index in [2.05, 4.69) is 53.9 Å². The SMILES string of the molecule is CCC(=O)NC/C=C1/CCc2ccc3nc(CCCCc4ccccc4)oc3c21. The summed E-state index contributed by atoms with van der Waals surface area (Å²) in [5, 5.41) is 2.93. The van der Waals surface area contributed by atoms with Crippen molar-refractivity contribution in [2.45, 2.75) is 51.9 Å². The minimum Gasteiger partial charge on any atom is -0.440 e. The summed E-state index contributed by atoms with van der Waals surface area (Å²) in [7, 11) is 0.